The molecule has 1 aliphatic rings. The summed E-state index contributed by atoms with van der Waals surface area (Å²) in [5, 5.41) is 0.523. The monoisotopic (exact) mass is 323 g/mol. The molecule has 0 spiro atoms. The van der Waals surface area contributed by atoms with Gasteiger partial charge < -0.3 is 4.74 Å². The van der Waals surface area contributed by atoms with E-state index < -0.39 is 0 Å². The van der Waals surface area contributed by atoms with Gasteiger partial charge in [0, 0.05) is 18.6 Å². The minimum absolute atomic E-state index is 0.0379. The summed E-state index contributed by atoms with van der Waals surface area (Å²) in [5.74, 6) is 1.00. The van der Waals surface area contributed by atoms with E-state index in [1.807, 2.05) is 0 Å². The number of hydrogen-bond donors (Lipinski definition) is 0. The SMILES string of the molecule is COc1c(C)cc([S+](c2ccccc2)C2C=CC=CC2)cc1C. The molecule has 0 heterocycles. The van der Waals surface area contributed by atoms with Crippen LogP contribution in [0.1, 0.15) is 17.5 Å². The maximum Gasteiger partial charge on any atom is 0.162 e. The molecule has 0 bridgehead atoms. The quantitative estimate of drug-likeness (QED) is 0.700. The normalized spacial score (nSPS) is 18.0. The molecule has 3 rings (SSSR count). The van der Waals surface area contributed by atoms with E-state index in [9.17, 15) is 0 Å². The molecule has 0 fully saturated rings. The smallest absolute Gasteiger partial charge is 0.162 e. The number of aryl methyl sites for hydroxylation is 2. The van der Waals surface area contributed by atoms with Gasteiger partial charge in [0.15, 0.2) is 15.0 Å². The van der Waals surface area contributed by atoms with Crippen LogP contribution in [0.4, 0.5) is 0 Å². The molecule has 23 heavy (non-hydrogen) atoms. The maximum atomic E-state index is 5.54. The van der Waals surface area contributed by atoms with Gasteiger partial charge >= 0.3 is 0 Å². The van der Waals surface area contributed by atoms with Crippen LogP contribution in [0.15, 0.2) is 76.6 Å². The minimum Gasteiger partial charge on any atom is -0.496 e. The average molecular weight is 323 g/mol. The van der Waals surface area contributed by atoms with Gasteiger partial charge in [0.25, 0.3) is 0 Å². The van der Waals surface area contributed by atoms with E-state index in [4.69, 9.17) is 4.74 Å². The van der Waals surface area contributed by atoms with Crippen LogP contribution >= 0.6 is 0 Å². The van der Waals surface area contributed by atoms with Crippen LogP contribution in [0.3, 0.4) is 0 Å². The zero-order chi connectivity index (χ0) is 16.2. The molecule has 1 aliphatic carbocycles. The first-order chi connectivity index (χ1) is 11.2. The molecule has 0 saturated carbocycles. The lowest BCUT2D eigenvalue weighted by Crippen LogP contribution is -2.21. The largest absolute Gasteiger partial charge is 0.496 e. The Bertz CT molecular complexity index is 708. The molecule has 2 aromatic rings. The van der Waals surface area contributed by atoms with Crippen LogP contribution in [0.25, 0.3) is 0 Å². The fraction of sp³-hybridized carbons (Fsp3) is 0.238. The lowest BCUT2D eigenvalue weighted by atomic mass is 10.1. The van der Waals surface area contributed by atoms with Crippen molar-refractivity contribution in [3.8, 4) is 5.75 Å². The molecule has 2 atom stereocenters. The Morgan fingerprint density at radius 3 is 2.22 bits per heavy atom. The lowest BCUT2D eigenvalue weighted by molar-refractivity contribution is 0.408. The van der Waals surface area contributed by atoms with Crippen LogP contribution in [-0.4, -0.2) is 12.4 Å². The first kappa shape index (κ1) is 15.9. The summed E-state index contributed by atoms with van der Waals surface area (Å²) in [5.41, 5.74) is 2.43. The number of benzene rings is 2. The van der Waals surface area contributed by atoms with Crippen molar-refractivity contribution in [2.75, 3.05) is 7.11 Å². The third kappa shape index (κ3) is 3.37. The summed E-state index contributed by atoms with van der Waals surface area (Å²) in [6, 6.07) is 15.5. The van der Waals surface area contributed by atoms with Crippen molar-refractivity contribution in [1.29, 1.82) is 0 Å². The van der Waals surface area contributed by atoms with Crippen molar-refractivity contribution >= 4 is 10.9 Å². The molecule has 1 nitrogen and oxygen atoms in total. The van der Waals surface area contributed by atoms with Crippen LogP contribution in [0, 0.1) is 13.8 Å². The summed E-state index contributed by atoms with van der Waals surface area (Å²) in [6.07, 6.45) is 10.0. The van der Waals surface area contributed by atoms with Crippen LogP contribution in [-0.2, 0) is 10.9 Å². The summed E-state index contributed by atoms with van der Waals surface area (Å²) in [4.78, 5) is 2.80. The number of ether oxygens (including phenoxy) is 1. The summed E-state index contributed by atoms with van der Waals surface area (Å²) in [7, 11) is 1.79. The fourth-order valence-electron chi connectivity index (χ4n) is 3.14. The molecule has 0 radical (unpaired) electrons. The first-order valence-corrected chi connectivity index (χ1v) is 9.26. The molecule has 0 aliphatic heterocycles. The van der Waals surface area contributed by atoms with Crippen molar-refractivity contribution in [3.63, 3.8) is 0 Å². The third-order valence-corrected chi connectivity index (χ3v) is 6.61. The number of rotatable bonds is 4. The molecule has 0 N–H and O–H groups in total. The van der Waals surface area contributed by atoms with Gasteiger partial charge in [0.1, 0.15) is 5.75 Å². The number of allylic oxidation sites excluding steroid dienone is 3. The summed E-state index contributed by atoms with van der Waals surface area (Å²) < 4.78 is 5.54. The van der Waals surface area contributed by atoms with Crippen LogP contribution in [0.5, 0.6) is 5.75 Å². The highest BCUT2D eigenvalue weighted by Crippen LogP contribution is 2.35. The van der Waals surface area contributed by atoms with E-state index in [2.05, 4.69) is 80.6 Å². The Balaban J connectivity index is 2.09. The van der Waals surface area contributed by atoms with E-state index in [-0.39, 0.29) is 10.9 Å². The Kier molecular flexibility index (Phi) is 4.92. The second kappa shape index (κ2) is 7.10. The summed E-state index contributed by atoms with van der Waals surface area (Å²) in [6.45, 7) is 4.27. The maximum absolute atomic E-state index is 5.54. The zero-order valence-corrected chi connectivity index (χ0v) is 14.8. The topological polar surface area (TPSA) is 9.23 Å². The van der Waals surface area contributed by atoms with Gasteiger partial charge in [-0.2, -0.15) is 0 Å². The van der Waals surface area contributed by atoms with Gasteiger partial charge in [-0.15, -0.1) is 0 Å². The van der Waals surface area contributed by atoms with Crippen molar-refractivity contribution in [2.45, 2.75) is 35.3 Å². The van der Waals surface area contributed by atoms with Crippen molar-refractivity contribution < 1.29 is 4.74 Å². The third-order valence-electron chi connectivity index (χ3n) is 4.13. The van der Waals surface area contributed by atoms with E-state index >= 15 is 0 Å². The molecule has 2 heteroatoms. The number of methoxy groups -OCH3 is 1. The van der Waals surface area contributed by atoms with Gasteiger partial charge in [0.05, 0.1) is 18.0 Å². The Hall–Kier alpha value is -1.93. The zero-order valence-electron chi connectivity index (χ0n) is 14.0. The van der Waals surface area contributed by atoms with E-state index in [1.165, 1.54) is 20.9 Å². The lowest BCUT2D eigenvalue weighted by Gasteiger charge is -2.18. The van der Waals surface area contributed by atoms with Crippen molar-refractivity contribution in [2.24, 2.45) is 0 Å². The number of hydrogen-bond acceptors (Lipinski definition) is 1. The van der Waals surface area contributed by atoms with E-state index in [0.29, 0.717) is 5.25 Å². The van der Waals surface area contributed by atoms with Crippen molar-refractivity contribution in [3.05, 3.63) is 77.9 Å². The summed E-state index contributed by atoms with van der Waals surface area (Å²) >= 11 is 0. The second-order valence-corrected chi connectivity index (χ2v) is 8.05. The Morgan fingerprint density at radius 1 is 0.957 bits per heavy atom. The molecule has 2 aromatic carbocycles. The Labute approximate surface area is 142 Å². The predicted molar refractivity (Wildman–Crippen MR) is 99.5 cm³/mol. The van der Waals surface area contributed by atoms with Gasteiger partial charge in [-0.3, -0.25) is 0 Å². The second-order valence-electron chi connectivity index (χ2n) is 5.83. The van der Waals surface area contributed by atoms with Crippen LogP contribution < -0.4 is 4.74 Å². The first-order valence-electron chi connectivity index (χ1n) is 7.97. The molecular formula is C21H23OS+. The van der Waals surface area contributed by atoms with Crippen LogP contribution in [0.2, 0.25) is 0 Å². The molecule has 2 unspecified atom stereocenters. The van der Waals surface area contributed by atoms with E-state index in [1.54, 1.807) is 7.11 Å². The highest BCUT2D eigenvalue weighted by Gasteiger charge is 2.34. The minimum atomic E-state index is 0.0379. The van der Waals surface area contributed by atoms with Gasteiger partial charge in [-0.05, 0) is 43.2 Å². The highest BCUT2D eigenvalue weighted by atomic mass is 32.2. The van der Waals surface area contributed by atoms with Gasteiger partial charge in [-0.1, -0.05) is 36.4 Å². The average Bonchev–Trinajstić information content (AvgIpc) is 2.57. The standard InChI is InChI=1S/C21H23OS/c1-16-14-20(15-17(2)21(16)22-3)23(18-10-6-4-7-11-18)19-12-8-5-9-13-19/h4-12,14-15,19H,13H2,1-3H3/q+1. The van der Waals surface area contributed by atoms with E-state index in [0.717, 1.165) is 12.2 Å². The fourth-order valence-corrected chi connectivity index (χ4v) is 5.73. The molecule has 0 saturated heterocycles. The molecule has 118 valence electrons. The Morgan fingerprint density at radius 2 is 1.65 bits per heavy atom. The molecular weight excluding hydrogens is 300 g/mol. The van der Waals surface area contributed by atoms with Gasteiger partial charge in [-0.25, -0.2) is 0 Å². The molecule has 0 aromatic heterocycles. The van der Waals surface area contributed by atoms with Crippen molar-refractivity contribution in [1.82, 2.24) is 0 Å². The highest BCUT2D eigenvalue weighted by molar-refractivity contribution is 7.97. The van der Waals surface area contributed by atoms with Gasteiger partial charge in [0.2, 0.25) is 0 Å². The predicted octanol–water partition coefficient (Wildman–Crippen LogP) is 5.23. The molecule has 0 amide bonds.